The summed E-state index contributed by atoms with van der Waals surface area (Å²) in [5.41, 5.74) is 5.83. The number of nitrogens with two attached hydrogens (primary N) is 1. The van der Waals surface area contributed by atoms with E-state index in [1.54, 1.807) is 11.3 Å². The smallest absolute Gasteiger partial charge is 0.188 e. The van der Waals surface area contributed by atoms with Crippen LogP contribution in [0.5, 0.6) is 0 Å². The Bertz CT molecular complexity index is 423. The van der Waals surface area contributed by atoms with Crippen LogP contribution in [0.1, 0.15) is 24.1 Å². The molecule has 0 atom stereocenters. The molecule has 23 heavy (non-hydrogen) atoms. The van der Waals surface area contributed by atoms with E-state index in [4.69, 9.17) is 15.2 Å². The molecule has 3 N–H and O–H groups in total. The first-order valence-electron chi connectivity index (χ1n) is 8.06. The van der Waals surface area contributed by atoms with Crippen molar-refractivity contribution < 1.29 is 9.47 Å². The molecule has 1 aromatic rings. The quantitative estimate of drug-likeness (QED) is 0.261. The number of hydrogen-bond donors (Lipinski definition) is 2. The lowest BCUT2D eigenvalue weighted by atomic mass is 10.0. The van der Waals surface area contributed by atoms with Gasteiger partial charge in [-0.3, -0.25) is 4.99 Å². The van der Waals surface area contributed by atoms with Gasteiger partial charge in [0.15, 0.2) is 5.96 Å². The second-order valence-corrected chi connectivity index (χ2v) is 6.54. The van der Waals surface area contributed by atoms with Crippen LogP contribution in [-0.4, -0.2) is 45.5 Å². The van der Waals surface area contributed by atoms with Gasteiger partial charge in [-0.25, -0.2) is 0 Å². The predicted molar refractivity (Wildman–Crippen MR) is 107 cm³/mol. The van der Waals surface area contributed by atoms with E-state index in [-0.39, 0.29) is 24.0 Å². The Morgan fingerprint density at radius 2 is 2.26 bits per heavy atom. The molecule has 7 heteroatoms. The average Bonchev–Trinajstić information content (AvgIpc) is 3.05. The van der Waals surface area contributed by atoms with Crippen LogP contribution in [0.25, 0.3) is 0 Å². The summed E-state index contributed by atoms with van der Waals surface area (Å²) < 4.78 is 11.0. The molecule has 1 aromatic heterocycles. The third-order valence-electron chi connectivity index (χ3n) is 3.68. The van der Waals surface area contributed by atoms with Gasteiger partial charge in [-0.1, -0.05) is 6.07 Å². The van der Waals surface area contributed by atoms with Crippen molar-refractivity contribution in [1.82, 2.24) is 5.32 Å². The van der Waals surface area contributed by atoms with Crippen molar-refractivity contribution in [3.05, 3.63) is 22.4 Å². The van der Waals surface area contributed by atoms with E-state index in [1.165, 1.54) is 4.88 Å². The Balaban J connectivity index is 0.00000264. The van der Waals surface area contributed by atoms with Crippen LogP contribution in [-0.2, 0) is 15.9 Å². The van der Waals surface area contributed by atoms with E-state index in [0.29, 0.717) is 18.4 Å². The number of hydrogen-bond acceptors (Lipinski definition) is 4. The summed E-state index contributed by atoms with van der Waals surface area (Å²) in [4.78, 5) is 5.68. The molecule has 1 aliphatic heterocycles. The fourth-order valence-corrected chi connectivity index (χ4v) is 3.06. The Morgan fingerprint density at radius 3 is 3.00 bits per heavy atom. The van der Waals surface area contributed by atoms with Gasteiger partial charge in [0.2, 0.25) is 0 Å². The first-order valence-corrected chi connectivity index (χ1v) is 8.94. The zero-order valence-electron chi connectivity index (χ0n) is 13.5. The van der Waals surface area contributed by atoms with E-state index in [9.17, 15) is 0 Å². The summed E-state index contributed by atoms with van der Waals surface area (Å²) in [6.45, 7) is 4.91. The molecule has 5 nitrogen and oxygen atoms in total. The number of thiophene rings is 1. The minimum atomic E-state index is 0. The molecule has 0 spiro atoms. The second kappa shape index (κ2) is 13.0. The zero-order chi connectivity index (χ0) is 15.5. The van der Waals surface area contributed by atoms with Gasteiger partial charge in [-0.2, -0.15) is 0 Å². The molecule has 0 unspecified atom stereocenters. The highest BCUT2D eigenvalue weighted by Gasteiger charge is 2.13. The zero-order valence-corrected chi connectivity index (χ0v) is 16.7. The highest BCUT2D eigenvalue weighted by molar-refractivity contribution is 14.0. The third-order valence-corrected chi connectivity index (χ3v) is 4.62. The number of ether oxygens (including phenoxy) is 2. The van der Waals surface area contributed by atoms with Crippen molar-refractivity contribution in [2.75, 3.05) is 39.5 Å². The Hall–Kier alpha value is -0.380. The number of nitrogens with zero attached hydrogens (tertiary/aromatic N) is 1. The van der Waals surface area contributed by atoms with Crippen molar-refractivity contribution in [3.8, 4) is 0 Å². The maximum Gasteiger partial charge on any atom is 0.188 e. The molecule has 0 radical (unpaired) electrons. The molecule has 2 heterocycles. The molecule has 1 fully saturated rings. The molecule has 1 saturated heterocycles. The van der Waals surface area contributed by atoms with E-state index in [0.717, 1.165) is 58.7 Å². The topological polar surface area (TPSA) is 68.9 Å². The summed E-state index contributed by atoms with van der Waals surface area (Å²) >= 11 is 1.77. The van der Waals surface area contributed by atoms with Crippen molar-refractivity contribution >= 4 is 41.3 Å². The number of guanidine groups is 1. The van der Waals surface area contributed by atoms with E-state index in [1.807, 2.05) is 0 Å². The van der Waals surface area contributed by atoms with Gasteiger partial charge >= 0.3 is 0 Å². The van der Waals surface area contributed by atoms with Crippen molar-refractivity contribution in [3.63, 3.8) is 0 Å². The number of nitrogens with one attached hydrogen (secondary N) is 1. The van der Waals surface area contributed by atoms with Gasteiger partial charge < -0.3 is 20.5 Å². The van der Waals surface area contributed by atoms with Gasteiger partial charge in [0, 0.05) is 44.4 Å². The lowest BCUT2D eigenvalue weighted by Crippen LogP contribution is -2.33. The molecule has 1 aliphatic rings. The predicted octanol–water partition coefficient (Wildman–Crippen LogP) is 2.65. The summed E-state index contributed by atoms with van der Waals surface area (Å²) in [5.74, 6) is 1.20. The van der Waals surface area contributed by atoms with E-state index < -0.39 is 0 Å². The second-order valence-electron chi connectivity index (χ2n) is 5.51. The summed E-state index contributed by atoms with van der Waals surface area (Å²) in [5, 5.41) is 5.23. The lowest BCUT2D eigenvalue weighted by Gasteiger charge is -2.21. The molecular weight excluding hydrogens is 425 g/mol. The molecule has 0 aromatic carbocycles. The fraction of sp³-hybridized carbons (Fsp3) is 0.688. The summed E-state index contributed by atoms with van der Waals surface area (Å²) in [6.07, 6.45) is 4.15. The van der Waals surface area contributed by atoms with Crippen LogP contribution >= 0.6 is 35.3 Å². The third kappa shape index (κ3) is 9.49. The van der Waals surface area contributed by atoms with Crippen LogP contribution in [0.4, 0.5) is 0 Å². The van der Waals surface area contributed by atoms with Crippen molar-refractivity contribution in [2.45, 2.75) is 25.7 Å². The summed E-state index contributed by atoms with van der Waals surface area (Å²) in [7, 11) is 0. The number of aliphatic imine (C=N–C) groups is 1. The fourth-order valence-electron chi connectivity index (χ4n) is 2.35. The normalized spacial score (nSPS) is 16.1. The number of rotatable bonds is 9. The largest absolute Gasteiger partial charge is 0.381 e. The van der Waals surface area contributed by atoms with Crippen LogP contribution in [0.15, 0.2) is 22.5 Å². The van der Waals surface area contributed by atoms with Gasteiger partial charge in [0.25, 0.3) is 0 Å². The minimum absolute atomic E-state index is 0. The van der Waals surface area contributed by atoms with Crippen molar-refractivity contribution in [1.29, 1.82) is 0 Å². The van der Waals surface area contributed by atoms with Gasteiger partial charge in [0.1, 0.15) is 0 Å². The highest BCUT2D eigenvalue weighted by atomic mass is 127. The van der Waals surface area contributed by atoms with Gasteiger partial charge in [0.05, 0.1) is 0 Å². The van der Waals surface area contributed by atoms with Crippen molar-refractivity contribution in [2.24, 2.45) is 16.6 Å². The highest BCUT2D eigenvalue weighted by Crippen LogP contribution is 2.14. The first kappa shape index (κ1) is 20.7. The molecule has 0 aliphatic carbocycles. The molecule has 0 bridgehead atoms. The van der Waals surface area contributed by atoms with Gasteiger partial charge in [-0.05, 0) is 43.0 Å². The maximum absolute atomic E-state index is 5.83. The standard InChI is InChI=1S/C16H27N3O2S.HI/c17-16(19-8-4-15-3-1-12-22-15)18-7-2-9-21-13-14-5-10-20-11-6-14;/h1,3,12,14H,2,4-11,13H2,(H3,17,18,19);1H. The van der Waals surface area contributed by atoms with Crippen LogP contribution in [0.3, 0.4) is 0 Å². The monoisotopic (exact) mass is 453 g/mol. The van der Waals surface area contributed by atoms with Gasteiger partial charge in [-0.15, -0.1) is 35.3 Å². The molecule has 132 valence electrons. The first-order chi connectivity index (χ1) is 10.8. The average molecular weight is 453 g/mol. The SMILES string of the molecule is I.NC(=NCCCOCC1CCOCC1)NCCc1cccs1. The maximum atomic E-state index is 5.83. The molecule has 0 saturated carbocycles. The molecule has 0 amide bonds. The number of halogens is 1. The molecular formula is C16H28IN3O2S. The van der Waals surface area contributed by atoms with Crippen LogP contribution < -0.4 is 11.1 Å². The van der Waals surface area contributed by atoms with E-state index in [2.05, 4.69) is 27.8 Å². The minimum Gasteiger partial charge on any atom is -0.381 e. The van der Waals surface area contributed by atoms with E-state index >= 15 is 0 Å². The Morgan fingerprint density at radius 1 is 1.43 bits per heavy atom. The van der Waals surface area contributed by atoms with Crippen LogP contribution in [0.2, 0.25) is 0 Å². The summed E-state index contributed by atoms with van der Waals surface area (Å²) in [6, 6.07) is 4.20. The Kier molecular flexibility index (Phi) is 11.7. The lowest BCUT2D eigenvalue weighted by molar-refractivity contribution is 0.0205. The molecule has 2 rings (SSSR count). The van der Waals surface area contributed by atoms with Crippen LogP contribution in [0, 0.1) is 5.92 Å². The Labute approximate surface area is 160 Å².